The van der Waals surface area contributed by atoms with Crippen LogP contribution in [0.25, 0.3) is 0 Å². The summed E-state index contributed by atoms with van der Waals surface area (Å²) in [5.41, 5.74) is 7.30. The topological polar surface area (TPSA) is 59.6 Å². The first-order valence-electron chi connectivity index (χ1n) is 7.38. The Hall–Kier alpha value is -1.71. The van der Waals surface area contributed by atoms with Gasteiger partial charge in [-0.25, -0.2) is 0 Å². The number of hydrogen-bond donors (Lipinski definition) is 2. The molecule has 3 N–H and O–H groups in total. The highest BCUT2D eigenvalue weighted by atomic mass is 16.5. The van der Waals surface area contributed by atoms with Crippen LogP contribution in [-0.4, -0.2) is 19.6 Å². The summed E-state index contributed by atoms with van der Waals surface area (Å²) in [5, 5.41) is 3.13. The second-order valence-corrected chi connectivity index (χ2v) is 5.66. The predicted octanol–water partition coefficient (Wildman–Crippen LogP) is 3.39. The molecule has 0 atom stereocenters. The van der Waals surface area contributed by atoms with Gasteiger partial charge in [0.05, 0.1) is 7.11 Å². The minimum atomic E-state index is 0.412. The highest BCUT2D eigenvalue weighted by molar-refractivity contribution is 5.92. The van der Waals surface area contributed by atoms with E-state index in [1.54, 1.807) is 7.11 Å². The van der Waals surface area contributed by atoms with Crippen molar-refractivity contribution in [2.75, 3.05) is 19.0 Å². The van der Waals surface area contributed by atoms with Gasteiger partial charge >= 0.3 is 0 Å². The van der Waals surface area contributed by atoms with Crippen LogP contribution in [0.5, 0.6) is 5.75 Å². The largest absolute Gasteiger partial charge is 0.497 e. The molecule has 0 aromatic heterocycles. The zero-order valence-electron chi connectivity index (χ0n) is 12.5. The van der Waals surface area contributed by atoms with Gasteiger partial charge in [0.15, 0.2) is 5.96 Å². The van der Waals surface area contributed by atoms with Crippen molar-refractivity contribution in [3.8, 4) is 5.75 Å². The third kappa shape index (κ3) is 3.65. The number of benzene rings is 1. The van der Waals surface area contributed by atoms with E-state index < -0.39 is 0 Å². The van der Waals surface area contributed by atoms with Crippen LogP contribution in [0.1, 0.15) is 39.0 Å². The number of ether oxygens (including phenoxy) is 1. The van der Waals surface area contributed by atoms with Crippen LogP contribution in [0.4, 0.5) is 5.69 Å². The van der Waals surface area contributed by atoms with Gasteiger partial charge in [0, 0.05) is 18.3 Å². The van der Waals surface area contributed by atoms with Crippen LogP contribution in [0.3, 0.4) is 0 Å². The molecular formula is C16H25N3O. The van der Waals surface area contributed by atoms with Crippen molar-refractivity contribution in [2.24, 2.45) is 16.1 Å². The van der Waals surface area contributed by atoms with E-state index in [1.807, 2.05) is 24.3 Å². The molecule has 0 heterocycles. The minimum Gasteiger partial charge on any atom is -0.497 e. The molecule has 0 spiro atoms. The van der Waals surface area contributed by atoms with Crippen molar-refractivity contribution < 1.29 is 4.74 Å². The molecule has 1 aromatic carbocycles. The lowest BCUT2D eigenvalue weighted by Crippen LogP contribution is -2.34. The first-order chi connectivity index (χ1) is 9.67. The number of nitrogens with one attached hydrogen (secondary N) is 1. The summed E-state index contributed by atoms with van der Waals surface area (Å²) < 4.78 is 5.19. The Morgan fingerprint density at radius 3 is 2.85 bits per heavy atom. The molecule has 110 valence electrons. The van der Waals surface area contributed by atoms with E-state index in [9.17, 15) is 0 Å². The molecule has 0 aliphatic heterocycles. The van der Waals surface area contributed by atoms with Gasteiger partial charge < -0.3 is 15.8 Å². The summed E-state index contributed by atoms with van der Waals surface area (Å²) in [7, 11) is 1.65. The van der Waals surface area contributed by atoms with Crippen molar-refractivity contribution in [2.45, 2.75) is 39.0 Å². The quantitative estimate of drug-likeness (QED) is 0.618. The van der Waals surface area contributed by atoms with Crippen LogP contribution in [0.15, 0.2) is 29.3 Å². The molecular weight excluding hydrogens is 250 g/mol. The normalized spacial score (nSPS) is 17.4. The summed E-state index contributed by atoms with van der Waals surface area (Å²) >= 11 is 0. The number of methoxy groups -OCH3 is 1. The molecule has 0 bridgehead atoms. The third-order valence-corrected chi connectivity index (χ3v) is 4.12. The van der Waals surface area contributed by atoms with Crippen molar-refractivity contribution in [1.29, 1.82) is 0 Å². The molecule has 20 heavy (non-hydrogen) atoms. The Morgan fingerprint density at radius 1 is 1.45 bits per heavy atom. The van der Waals surface area contributed by atoms with Gasteiger partial charge in [0.25, 0.3) is 0 Å². The van der Waals surface area contributed by atoms with Crippen LogP contribution >= 0.6 is 0 Å². The van der Waals surface area contributed by atoms with Crippen molar-refractivity contribution in [1.82, 2.24) is 0 Å². The van der Waals surface area contributed by atoms with Crippen LogP contribution < -0.4 is 15.8 Å². The maximum Gasteiger partial charge on any atom is 0.193 e. The lowest BCUT2D eigenvalue weighted by atomic mass is 9.66. The third-order valence-electron chi connectivity index (χ3n) is 4.12. The van der Waals surface area contributed by atoms with E-state index in [0.717, 1.165) is 18.0 Å². The molecule has 1 aromatic rings. The Kier molecular flexibility index (Phi) is 4.88. The lowest BCUT2D eigenvalue weighted by Gasteiger charge is -2.40. The first-order valence-corrected chi connectivity index (χ1v) is 7.38. The number of guanidine groups is 1. The maximum absolute atomic E-state index is 5.98. The fraction of sp³-hybridized carbons (Fsp3) is 0.562. The second-order valence-electron chi connectivity index (χ2n) is 5.66. The molecule has 2 rings (SSSR count). The molecule has 0 unspecified atom stereocenters. The van der Waals surface area contributed by atoms with E-state index in [-0.39, 0.29) is 0 Å². The van der Waals surface area contributed by atoms with Gasteiger partial charge in [-0.15, -0.1) is 0 Å². The average molecular weight is 275 g/mol. The summed E-state index contributed by atoms with van der Waals surface area (Å²) in [6.07, 6.45) is 6.38. The molecule has 0 saturated heterocycles. The number of nitrogens with two attached hydrogens (primary N) is 1. The Labute approximate surface area is 121 Å². The summed E-state index contributed by atoms with van der Waals surface area (Å²) in [4.78, 5) is 4.53. The number of rotatable bonds is 6. The van der Waals surface area contributed by atoms with E-state index in [1.165, 1.54) is 32.1 Å². The Morgan fingerprint density at radius 2 is 2.25 bits per heavy atom. The molecule has 0 radical (unpaired) electrons. The first kappa shape index (κ1) is 14.7. The predicted molar refractivity (Wildman–Crippen MR) is 84.3 cm³/mol. The number of hydrogen-bond acceptors (Lipinski definition) is 2. The molecule has 4 nitrogen and oxygen atoms in total. The molecule has 1 saturated carbocycles. The fourth-order valence-corrected chi connectivity index (χ4v) is 2.84. The zero-order valence-corrected chi connectivity index (χ0v) is 12.5. The maximum atomic E-state index is 5.98. The van der Waals surface area contributed by atoms with Gasteiger partial charge in [-0.3, -0.25) is 4.99 Å². The highest BCUT2D eigenvalue weighted by Gasteiger charge is 2.35. The summed E-state index contributed by atoms with van der Waals surface area (Å²) in [5.74, 6) is 1.30. The van der Waals surface area contributed by atoms with Gasteiger partial charge in [0.2, 0.25) is 0 Å². The summed E-state index contributed by atoms with van der Waals surface area (Å²) in [6, 6.07) is 7.70. The Balaban J connectivity index is 1.93. The van der Waals surface area contributed by atoms with Crippen LogP contribution in [-0.2, 0) is 0 Å². The zero-order chi connectivity index (χ0) is 14.4. The van der Waals surface area contributed by atoms with Crippen molar-refractivity contribution in [3.63, 3.8) is 0 Å². The number of nitrogens with zero attached hydrogens (tertiary/aromatic N) is 1. The Bertz CT molecular complexity index is 467. The second kappa shape index (κ2) is 6.64. The SMILES string of the molecule is CCCC1(CN=C(N)Nc2cccc(OC)c2)CCC1. The monoisotopic (exact) mass is 275 g/mol. The van der Waals surface area contributed by atoms with E-state index >= 15 is 0 Å². The minimum absolute atomic E-state index is 0.412. The van der Waals surface area contributed by atoms with Gasteiger partial charge in [-0.1, -0.05) is 25.8 Å². The van der Waals surface area contributed by atoms with Crippen LogP contribution in [0, 0.1) is 5.41 Å². The van der Waals surface area contributed by atoms with E-state index in [4.69, 9.17) is 10.5 Å². The highest BCUT2D eigenvalue weighted by Crippen LogP contribution is 2.44. The molecule has 1 aliphatic carbocycles. The standard InChI is InChI=1S/C16H25N3O/c1-3-8-16(9-5-10-16)12-18-15(17)19-13-6-4-7-14(11-13)20-2/h4,6-7,11H,3,5,8-10,12H2,1-2H3,(H3,17,18,19). The smallest absolute Gasteiger partial charge is 0.193 e. The van der Waals surface area contributed by atoms with Crippen molar-refractivity contribution in [3.05, 3.63) is 24.3 Å². The molecule has 1 fully saturated rings. The number of aliphatic imine (C=N–C) groups is 1. The van der Waals surface area contributed by atoms with Crippen molar-refractivity contribution >= 4 is 11.6 Å². The molecule has 0 amide bonds. The van der Waals surface area contributed by atoms with Crippen LogP contribution in [0.2, 0.25) is 0 Å². The van der Waals surface area contributed by atoms with Gasteiger partial charge in [0.1, 0.15) is 5.75 Å². The lowest BCUT2D eigenvalue weighted by molar-refractivity contribution is 0.130. The fourth-order valence-electron chi connectivity index (χ4n) is 2.84. The van der Waals surface area contributed by atoms with Gasteiger partial charge in [-0.2, -0.15) is 0 Å². The van der Waals surface area contributed by atoms with E-state index in [2.05, 4.69) is 17.2 Å². The average Bonchev–Trinajstić information content (AvgIpc) is 2.42. The molecule has 4 heteroatoms. The summed E-state index contributed by atoms with van der Waals surface area (Å²) in [6.45, 7) is 3.07. The van der Waals surface area contributed by atoms with E-state index in [0.29, 0.717) is 11.4 Å². The number of anilines is 1. The molecule has 1 aliphatic rings. The van der Waals surface area contributed by atoms with Gasteiger partial charge in [-0.05, 0) is 36.8 Å².